The first kappa shape index (κ1) is 14.6. The maximum Gasteiger partial charge on any atom is 0.119 e. The summed E-state index contributed by atoms with van der Waals surface area (Å²) in [5.74, 6) is 0.915. The molecule has 0 saturated carbocycles. The smallest absolute Gasteiger partial charge is 0.119 e. The van der Waals surface area contributed by atoms with Crippen molar-refractivity contribution in [2.24, 2.45) is 0 Å². The van der Waals surface area contributed by atoms with Crippen LogP contribution in [0.5, 0.6) is 5.75 Å². The molecule has 0 aliphatic rings. The maximum atomic E-state index is 5.74. The normalized spacial score (nSPS) is 10.5. The van der Waals surface area contributed by atoms with Gasteiger partial charge in [-0.05, 0) is 35.2 Å². The zero-order valence-corrected chi connectivity index (χ0v) is 12.3. The van der Waals surface area contributed by atoms with Crippen LogP contribution in [-0.2, 0) is 11.2 Å². The van der Waals surface area contributed by atoms with Crippen LogP contribution in [0.4, 0.5) is 0 Å². The van der Waals surface area contributed by atoms with E-state index in [4.69, 9.17) is 9.47 Å². The maximum absolute atomic E-state index is 5.74. The van der Waals surface area contributed by atoms with Gasteiger partial charge in [0.2, 0.25) is 0 Å². The lowest BCUT2D eigenvalue weighted by atomic mass is 10.0. The van der Waals surface area contributed by atoms with Gasteiger partial charge < -0.3 is 9.47 Å². The van der Waals surface area contributed by atoms with E-state index in [-0.39, 0.29) is 0 Å². The van der Waals surface area contributed by atoms with Crippen LogP contribution in [0.2, 0.25) is 0 Å². The molecule has 0 unspecified atom stereocenters. The van der Waals surface area contributed by atoms with E-state index in [1.807, 2.05) is 12.1 Å². The number of aryl methyl sites for hydroxylation is 1. The minimum Gasteiger partial charge on any atom is -0.493 e. The minimum absolute atomic E-state index is 0.687. The molecule has 106 valence electrons. The highest BCUT2D eigenvalue weighted by molar-refractivity contribution is 5.65. The van der Waals surface area contributed by atoms with Crippen molar-refractivity contribution in [2.45, 2.75) is 19.8 Å². The van der Waals surface area contributed by atoms with Crippen molar-refractivity contribution >= 4 is 0 Å². The summed E-state index contributed by atoms with van der Waals surface area (Å²) in [5, 5.41) is 0. The lowest BCUT2D eigenvalue weighted by Gasteiger charge is -2.08. The fourth-order valence-electron chi connectivity index (χ4n) is 2.09. The molecule has 2 aromatic rings. The Morgan fingerprint density at radius 1 is 0.900 bits per heavy atom. The summed E-state index contributed by atoms with van der Waals surface area (Å²) in [6, 6.07) is 16.9. The third kappa shape index (κ3) is 4.10. The molecule has 2 heteroatoms. The molecule has 0 bridgehead atoms. The van der Waals surface area contributed by atoms with E-state index in [9.17, 15) is 0 Å². The fourth-order valence-corrected chi connectivity index (χ4v) is 2.09. The van der Waals surface area contributed by atoms with Gasteiger partial charge in [0, 0.05) is 20.1 Å². The molecule has 0 saturated heterocycles. The van der Waals surface area contributed by atoms with E-state index in [1.165, 1.54) is 16.7 Å². The molecule has 0 amide bonds. The Kier molecular flexibility index (Phi) is 5.63. The largest absolute Gasteiger partial charge is 0.493 e. The van der Waals surface area contributed by atoms with Gasteiger partial charge in [-0.15, -0.1) is 0 Å². The number of hydrogen-bond donors (Lipinski definition) is 0. The first-order chi connectivity index (χ1) is 9.83. The summed E-state index contributed by atoms with van der Waals surface area (Å²) in [6.07, 6.45) is 1.98. The third-order valence-corrected chi connectivity index (χ3v) is 3.29. The van der Waals surface area contributed by atoms with Gasteiger partial charge in [-0.3, -0.25) is 0 Å². The minimum atomic E-state index is 0.687. The summed E-state index contributed by atoms with van der Waals surface area (Å²) in [4.78, 5) is 0. The van der Waals surface area contributed by atoms with Crippen LogP contribution >= 0.6 is 0 Å². The first-order valence-corrected chi connectivity index (χ1v) is 7.14. The molecule has 0 fully saturated rings. The molecule has 0 spiro atoms. The number of methoxy groups -OCH3 is 1. The second-order valence-electron chi connectivity index (χ2n) is 4.77. The Labute approximate surface area is 121 Å². The first-order valence-electron chi connectivity index (χ1n) is 7.14. The van der Waals surface area contributed by atoms with E-state index in [0.717, 1.165) is 25.2 Å². The molecule has 0 N–H and O–H groups in total. The molecule has 0 aliphatic heterocycles. The predicted molar refractivity (Wildman–Crippen MR) is 83.2 cm³/mol. The third-order valence-electron chi connectivity index (χ3n) is 3.29. The van der Waals surface area contributed by atoms with Crippen molar-refractivity contribution in [3.05, 3.63) is 54.1 Å². The molecular weight excluding hydrogens is 248 g/mol. The molecule has 0 atom stereocenters. The monoisotopic (exact) mass is 270 g/mol. The average molecular weight is 270 g/mol. The van der Waals surface area contributed by atoms with Crippen LogP contribution in [0.25, 0.3) is 11.1 Å². The van der Waals surface area contributed by atoms with E-state index in [0.29, 0.717) is 6.61 Å². The van der Waals surface area contributed by atoms with Crippen molar-refractivity contribution < 1.29 is 9.47 Å². The van der Waals surface area contributed by atoms with Crippen molar-refractivity contribution in [3.63, 3.8) is 0 Å². The zero-order chi connectivity index (χ0) is 14.2. The second kappa shape index (κ2) is 7.71. The van der Waals surface area contributed by atoms with Crippen molar-refractivity contribution in [1.82, 2.24) is 0 Å². The lowest BCUT2D eigenvalue weighted by molar-refractivity contribution is 0.172. The standard InChI is InChI=1S/C18H22O2/c1-3-15-8-10-16(11-9-15)17-6-4-7-18(14-17)20-13-5-12-19-2/h4,6-11,14H,3,5,12-13H2,1-2H3. The lowest BCUT2D eigenvalue weighted by Crippen LogP contribution is -2.01. The Morgan fingerprint density at radius 2 is 1.70 bits per heavy atom. The Hall–Kier alpha value is -1.80. The summed E-state index contributed by atoms with van der Waals surface area (Å²) >= 11 is 0. The van der Waals surface area contributed by atoms with Crippen LogP contribution < -0.4 is 4.74 Å². The van der Waals surface area contributed by atoms with Crippen LogP contribution in [0.15, 0.2) is 48.5 Å². The average Bonchev–Trinajstić information content (AvgIpc) is 2.52. The molecule has 0 aromatic heterocycles. The van der Waals surface area contributed by atoms with E-state index < -0.39 is 0 Å². The molecule has 2 nitrogen and oxygen atoms in total. The van der Waals surface area contributed by atoms with Crippen molar-refractivity contribution in [3.8, 4) is 16.9 Å². The van der Waals surface area contributed by atoms with E-state index in [2.05, 4.69) is 43.3 Å². The van der Waals surface area contributed by atoms with E-state index >= 15 is 0 Å². The number of rotatable bonds is 7. The number of hydrogen-bond acceptors (Lipinski definition) is 2. The predicted octanol–water partition coefficient (Wildman–Crippen LogP) is 4.33. The second-order valence-corrected chi connectivity index (χ2v) is 4.77. The highest BCUT2D eigenvalue weighted by atomic mass is 16.5. The van der Waals surface area contributed by atoms with Gasteiger partial charge >= 0.3 is 0 Å². The zero-order valence-electron chi connectivity index (χ0n) is 12.3. The summed E-state index contributed by atoms with van der Waals surface area (Å²) in [6.45, 7) is 3.59. The molecular formula is C18H22O2. The van der Waals surface area contributed by atoms with Gasteiger partial charge in [0.25, 0.3) is 0 Å². The van der Waals surface area contributed by atoms with Crippen molar-refractivity contribution in [2.75, 3.05) is 20.3 Å². The fraction of sp³-hybridized carbons (Fsp3) is 0.333. The van der Waals surface area contributed by atoms with Crippen LogP contribution in [0, 0.1) is 0 Å². The van der Waals surface area contributed by atoms with Gasteiger partial charge in [-0.1, -0.05) is 43.3 Å². The van der Waals surface area contributed by atoms with Crippen molar-refractivity contribution in [1.29, 1.82) is 0 Å². The Balaban J connectivity index is 2.04. The Bertz CT molecular complexity index is 517. The molecule has 2 aromatic carbocycles. The quantitative estimate of drug-likeness (QED) is 0.697. The van der Waals surface area contributed by atoms with Gasteiger partial charge in [0.05, 0.1) is 6.61 Å². The topological polar surface area (TPSA) is 18.5 Å². The van der Waals surface area contributed by atoms with E-state index in [1.54, 1.807) is 7.11 Å². The SMILES string of the molecule is CCc1ccc(-c2cccc(OCCCOC)c2)cc1. The Morgan fingerprint density at radius 3 is 2.40 bits per heavy atom. The molecule has 20 heavy (non-hydrogen) atoms. The summed E-state index contributed by atoms with van der Waals surface area (Å²) < 4.78 is 10.7. The summed E-state index contributed by atoms with van der Waals surface area (Å²) in [5.41, 5.74) is 3.78. The molecule has 2 rings (SSSR count). The number of benzene rings is 2. The van der Waals surface area contributed by atoms with Crippen LogP contribution in [-0.4, -0.2) is 20.3 Å². The van der Waals surface area contributed by atoms with Crippen LogP contribution in [0.1, 0.15) is 18.9 Å². The summed E-state index contributed by atoms with van der Waals surface area (Å²) in [7, 11) is 1.71. The molecule has 0 radical (unpaired) electrons. The molecule has 0 heterocycles. The highest BCUT2D eigenvalue weighted by Crippen LogP contribution is 2.24. The molecule has 0 aliphatic carbocycles. The van der Waals surface area contributed by atoms with Gasteiger partial charge in [0.15, 0.2) is 0 Å². The van der Waals surface area contributed by atoms with Gasteiger partial charge in [0.1, 0.15) is 5.75 Å². The highest BCUT2D eigenvalue weighted by Gasteiger charge is 2.00. The van der Waals surface area contributed by atoms with Gasteiger partial charge in [-0.2, -0.15) is 0 Å². The number of ether oxygens (including phenoxy) is 2. The van der Waals surface area contributed by atoms with Gasteiger partial charge in [-0.25, -0.2) is 0 Å². The van der Waals surface area contributed by atoms with Crippen LogP contribution in [0.3, 0.4) is 0 Å².